The molecule has 0 bridgehead atoms. The first-order chi connectivity index (χ1) is 3.80. The molecule has 1 atom stereocenters. The highest BCUT2D eigenvalue weighted by atomic mass is 127. The average Bonchev–Trinajstić information content (AvgIpc) is 1.77. The van der Waals surface area contributed by atoms with Gasteiger partial charge in [0.25, 0.3) is 0 Å². The van der Waals surface area contributed by atoms with Gasteiger partial charge in [-0.1, -0.05) is 6.58 Å². The summed E-state index contributed by atoms with van der Waals surface area (Å²) in [4.78, 5) is 0. The standard InChI is InChI=1S/C6H9IO/c1-5-3-2-4-8-6(5)7/h6H,1-4H2/t6-/m0/s1. The summed E-state index contributed by atoms with van der Waals surface area (Å²) in [7, 11) is 0. The van der Waals surface area contributed by atoms with E-state index in [1.165, 1.54) is 5.57 Å². The smallest absolute Gasteiger partial charge is 0.129 e. The van der Waals surface area contributed by atoms with E-state index in [9.17, 15) is 0 Å². The zero-order valence-electron chi connectivity index (χ0n) is 4.69. The minimum atomic E-state index is 0.279. The predicted octanol–water partition coefficient (Wildman–Crippen LogP) is 2.11. The molecule has 1 saturated heterocycles. The Morgan fingerprint density at radius 3 is 2.88 bits per heavy atom. The van der Waals surface area contributed by atoms with Crippen LogP contribution in [0.3, 0.4) is 0 Å². The fourth-order valence-corrected chi connectivity index (χ4v) is 1.28. The highest BCUT2D eigenvalue weighted by Gasteiger charge is 2.12. The number of hydrogen-bond acceptors (Lipinski definition) is 1. The molecule has 1 aliphatic heterocycles. The van der Waals surface area contributed by atoms with Crippen molar-refractivity contribution in [3.8, 4) is 0 Å². The van der Waals surface area contributed by atoms with Gasteiger partial charge in [0.05, 0.1) is 0 Å². The third-order valence-corrected chi connectivity index (χ3v) is 2.47. The molecule has 0 aromatic carbocycles. The molecule has 8 heavy (non-hydrogen) atoms. The quantitative estimate of drug-likeness (QED) is 0.348. The lowest BCUT2D eigenvalue weighted by Gasteiger charge is -2.19. The van der Waals surface area contributed by atoms with Crippen LogP contribution in [0.4, 0.5) is 0 Å². The molecule has 1 rings (SSSR count). The van der Waals surface area contributed by atoms with Crippen molar-refractivity contribution in [1.82, 2.24) is 0 Å². The number of ether oxygens (including phenoxy) is 1. The predicted molar refractivity (Wildman–Crippen MR) is 42.1 cm³/mol. The lowest BCUT2D eigenvalue weighted by molar-refractivity contribution is 0.118. The lowest BCUT2D eigenvalue weighted by atomic mass is 10.1. The molecule has 46 valence electrons. The van der Waals surface area contributed by atoms with Gasteiger partial charge in [0.15, 0.2) is 0 Å². The van der Waals surface area contributed by atoms with Crippen molar-refractivity contribution in [3.05, 3.63) is 12.2 Å². The fraction of sp³-hybridized carbons (Fsp3) is 0.667. The first kappa shape index (κ1) is 6.55. The van der Waals surface area contributed by atoms with E-state index < -0.39 is 0 Å². The van der Waals surface area contributed by atoms with Crippen molar-refractivity contribution in [2.45, 2.75) is 17.0 Å². The van der Waals surface area contributed by atoms with Gasteiger partial charge in [-0.2, -0.15) is 0 Å². The van der Waals surface area contributed by atoms with Crippen LogP contribution in [0, 0.1) is 0 Å². The monoisotopic (exact) mass is 224 g/mol. The normalized spacial score (nSPS) is 30.6. The molecule has 0 aliphatic carbocycles. The average molecular weight is 224 g/mol. The van der Waals surface area contributed by atoms with Crippen LogP contribution in [-0.4, -0.2) is 10.7 Å². The molecule has 0 N–H and O–H groups in total. The summed E-state index contributed by atoms with van der Waals surface area (Å²) >= 11 is 2.26. The number of halogens is 1. The maximum absolute atomic E-state index is 5.28. The van der Waals surface area contributed by atoms with E-state index in [4.69, 9.17) is 4.74 Å². The van der Waals surface area contributed by atoms with Gasteiger partial charge >= 0.3 is 0 Å². The van der Waals surface area contributed by atoms with Crippen LogP contribution < -0.4 is 0 Å². The van der Waals surface area contributed by atoms with Crippen molar-refractivity contribution >= 4 is 22.6 Å². The summed E-state index contributed by atoms with van der Waals surface area (Å²) in [6.07, 6.45) is 2.30. The molecule has 0 aromatic heterocycles. The molecule has 0 amide bonds. The molecule has 2 heteroatoms. The Balaban J connectivity index is 2.39. The van der Waals surface area contributed by atoms with Gasteiger partial charge in [0, 0.05) is 6.61 Å². The lowest BCUT2D eigenvalue weighted by Crippen LogP contribution is -2.14. The van der Waals surface area contributed by atoms with E-state index in [0.29, 0.717) is 0 Å². The van der Waals surface area contributed by atoms with Gasteiger partial charge in [-0.3, -0.25) is 0 Å². The summed E-state index contributed by atoms with van der Waals surface area (Å²) in [6.45, 7) is 4.77. The van der Waals surface area contributed by atoms with Crippen LogP contribution in [-0.2, 0) is 4.74 Å². The third-order valence-electron chi connectivity index (χ3n) is 1.23. The van der Waals surface area contributed by atoms with Crippen LogP contribution in [0.1, 0.15) is 12.8 Å². The second-order valence-corrected chi connectivity index (χ2v) is 3.08. The first-order valence-corrected chi connectivity index (χ1v) is 3.98. The van der Waals surface area contributed by atoms with Gasteiger partial charge in [0.2, 0.25) is 0 Å². The van der Waals surface area contributed by atoms with E-state index in [0.717, 1.165) is 19.4 Å². The number of rotatable bonds is 0. The molecule has 0 radical (unpaired) electrons. The van der Waals surface area contributed by atoms with Gasteiger partial charge < -0.3 is 4.74 Å². The summed E-state index contributed by atoms with van der Waals surface area (Å²) in [5.74, 6) is 0. The van der Waals surface area contributed by atoms with Gasteiger partial charge in [-0.05, 0) is 41.0 Å². The minimum absolute atomic E-state index is 0.279. The van der Waals surface area contributed by atoms with Crippen LogP contribution >= 0.6 is 22.6 Å². The van der Waals surface area contributed by atoms with Gasteiger partial charge in [0.1, 0.15) is 4.11 Å². The molecule has 0 aromatic rings. The zero-order valence-corrected chi connectivity index (χ0v) is 6.85. The topological polar surface area (TPSA) is 9.23 Å². The second-order valence-electron chi connectivity index (χ2n) is 1.95. The summed E-state index contributed by atoms with van der Waals surface area (Å²) in [6, 6.07) is 0. The Bertz CT molecular complexity index is 101. The van der Waals surface area contributed by atoms with Crippen molar-refractivity contribution < 1.29 is 4.74 Å². The minimum Gasteiger partial charge on any atom is -0.363 e. The Morgan fingerprint density at radius 2 is 2.50 bits per heavy atom. The van der Waals surface area contributed by atoms with E-state index in [2.05, 4.69) is 29.2 Å². The molecular formula is C6H9IO. The molecule has 1 fully saturated rings. The van der Waals surface area contributed by atoms with Crippen LogP contribution in [0.5, 0.6) is 0 Å². The van der Waals surface area contributed by atoms with E-state index >= 15 is 0 Å². The Kier molecular flexibility index (Phi) is 2.31. The summed E-state index contributed by atoms with van der Waals surface area (Å²) in [5, 5.41) is 0. The van der Waals surface area contributed by atoms with Gasteiger partial charge in [-0.15, -0.1) is 0 Å². The van der Waals surface area contributed by atoms with Crippen molar-refractivity contribution in [3.63, 3.8) is 0 Å². The molecule has 0 saturated carbocycles. The fourth-order valence-electron chi connectivity index (χ4n) is 0.717. The summed E-state index contributed by atoms with van der Waals surface area (Å²) < 4.78 is 5.56. The van der Waals surface area contributed by atoms with Crippen LogP contribution in [0.2, 0.25) is 0 Å². The maximum atomic E-state index is 5.28. The zero-order chi connectivity index (χ0) is 5.98. The Labute approximate surface area is 63.2 Å². The summed E-state index contributed by atoms with van der Waals surface area (Å²) in [5.41, 5.74) is 1.23. The highest BCUT2D eigenvalue weighted by Crippen LogP contribution is 2.22. The SMILES string of the molecule is C=C1CCCO[C@@H]1I. The molecule has 1 heterocycles. The van der Waals surface area contributed by atoms with Crippen LogP contribution in [0.15, 0.2) is 12.2 Å². The van der Waals surface area contributed by atoms with Crippen molar-refractivity contribution in [2.24, 2.45) is 0 Å². The number of alkyl halides is 1. The molecule has 0 unspecified atom stereocenters. The Hall–Kier alpha value is 0.430. The molecule has 1 nitrogen and oxygen atoms in total. The third kappa shape index (κ3) is 1.45. The van der Waals surface area contributed by atoms with Crippen molar-refractivity contribution in [1.29, 1.82) is 0 Å². The van der Waals surface area contributed by atoms with Crippen molar-refractivity contribution in [2.75, 3.05) is 6.61 Å². The highest BCUT2D eigenvalue weighted by molar-refractivity contribution is 14.1. The van der Waals surface area contributed by atoms with Gasteiger partial charge in [-0.25, -0.2) is 0 Å². The maximum Gasteiger partial charge on any atom is 0.129 e. The largest absolute Gasteiger partial charge is 0.363 e. The van der Waals surface area contributed by atoms with Crippen LogP contribution in [0.25, 0.3) is 0 Å². The molecule has 0 spiro atoms. The van der Waals surface area contributed by atoms with E-state index in [-0.39, 0.29) is 4.11 Å². The van der Waals surface area contributed by atoms with E-state index in [1.807, 2.05) is 0 Å². The molecule has 1 aliphatic rings. The first-order valence-electron chi connectivity index (χ1n) is 2.74. The van der Waals surface area contributed by atoms with E-state index in [1.54, 1.807) is 0 Å². The second kappa shape index (κ2) is 2.82. The Morgan fingerprint density at radius 1 is 1.75 bits per heavy atom. The number of hydrogen-bond donors (Lipinski definition) is 0. The molecular weight excluding hydrogens is 215 g/mol.